The fourth-order valence-electron chi connectivity index (χ4n) is 16.0. The Balaban J connectivity index is 0.632. The van der Waals surface area contributed by atoms with Crippen LogP contribution in [0.15, 0.2) is 91.1 Å². The lowest BCUT2D eigenvalue weighted by atomic mass is 10.0. The summed E-state index contributed by atoms with van der Waals surface area (Å²) >= 11 is 0. The van der Waals surface area contributed by atoms with Crippen LogP contribution >= 0.6 is 0 Å². The Hall–Kier alpha value is -13.5. The van der Waals surface area contributed by atoms with Crippen molar-refractivity contribution >= 4 is 109 Å². The number of guanidine groups is 1. The van der Waals surface area contributed by atoms with Gasteiger partial charge in [0, 0.05) is 52.9 Å². The van der Waals surface area contributed by atoms with Crippen molar-refractivity contribution in [2.75, 3.05) is 139 Å². The first kappa shape index (κ1) is 107. The van der Waals surface area contributed by atoms with Gasteiger partial charge in [-0.05, 0) is 147 Å². The highest BCUT2D eigenvalue weighted by atomic mass is 16.6. The Morgan fingerprint density at radius 1 is 0.471 bits per heavy atom. The number of fused-ring (bicyclic) bond motifs is 20. The molecule has 0 aliphatic carbocycles. The lowest BCUT2D eigenvalue weighted by Gasteiger charge is -2.29. The van der Waals surface area contributed by atoms with Crippen LogP contribution in [0.5, 0.6) is 11.5 Å². The average Bonchev–Trinajstić information content (AvgIpc) is 1.58. The van der Waals surface area contributed by atoms with Crippen LogP contribution in [0, 0.1) is 11.3 Å². The van der Waals surface area contributed by atoms with E-state index in [4.69, 9.17) is 102 Å². The third kappa shape index (κ3) is 31.5. The van der Waals surface area contributed by atoms with E-state index in [1.54, 1.807) is 27.0 Å². The van der Waals surface area contributed by atoms with Gasteiger partial charge in [0.05, 0.1) is 103 Å². The number of H-pyrrole nitrogens is 2. The minimum Gasteiger partial charge on any atom is -0.490 e. The molecular formula is C94H131N27O19. The number of nitrogens with two attached hydrogens (primary N) is 5. The maximum absolute atomic E-state index is 14.6. The molecule has 8 aromatic rings. The normalized spacial score (nSPS) is 13.9. The van der Waals surface area contributed by atoms with E-state index in [9.17, 15) is 53.1 Å². The molecule has 0 radical (unpaired) electrons. The molecule has 8 bridgehead atoms. The predicted molar refractivity (Wildman–Crippen MR) is 517 cm³/mol. The number of benzene rings is 4. The summed E-state index contributed by atoms with van der Waals surface area (Å²) in [5.74, 6) is -6.17. The summed E-state index contributed by atoms with van der Waals surface area (Å²) < 4.78 is 48.5. The van der Waals surface area contributed by atoms with Crippen molar-refractivity contribution in [2.24, 2.45) is 34.6 Å². The number of aromatic nitrogens is 11. The quantitative estimate of drug-likeness (QED) is 0.0147. The van der Waals surface area contributed by atoms with Gasteiger partial charge in [0.15, 0.2) is 29.3 Å². The van der Waals surface area contributed by atoms with E-state index in [1.165, 1.54) is 15.8 Å². The first-order chi connectivity index (χ1) is 68.0. The molecule has 23 N–H and O–H groups in total. The SMILES string of the molecule is COCCOCCOCCOc1ccc(OCCOCCOCCOCc2cn(CC(=O)NCC(=O)NCC(=O)N3CCC[C@H]3C(=O)N[C@@H](CCCCN)C(=O)N[C@@H](CCCCN)C(=O)N[C@@H](CCCCN)C(=O)N[C@@H](CCCNC(=N)N)C(=O)N[C@@H](CCCCN)C(=O)N[C@H](C(=O)O)C(C)C)nn2)c2c1-c1nc-2nc2[nH]c(nc3nc(nc4[nH]c(n1)c1ccccc41)-c1ccccc1-3)c1ccccc21. The van der Waals surface area contributed by atoms with E-state index >= 15 is 0 Å². The van der Waals surface area contributed by atoms with Crippen molar-refractivity contribution in [1.82, 2.24) is 108 Å². The van der Waals surface area contributed by atoms with E-state index in [0.717, 1.165) is 32.7 Å². The minimum atomic E-state index is -1.35. The number of unbranched alkanes of at least 4 members (excludes halogenated alkanes) is 4. The van der Waals surface area contributed by atoms with Gasteiger partial charge < -0.3 is 134 Å². The highest BCUT2D eigenvalue weighted by Gasteiger charge is 2.39. The summed E-state index contributed by atoms with van der Waals surface area (Å²) in [4.78, 5) is 177. The number of amides is 9. The highest BCUT2D eigenvalue weighted by Crippen LogP contribution is 2.47. The van der Waals surface area contributed by atoms with Crippen molar-refractivity contribution in [3.63, 3.8) is 0 Å². The third-order valence-corrected chi connectivity index (χ3v) is 23.2. The molecule has 1 saturated heterocycles. The van der Waals surface area contributed by atoms with Crippen LogP contribution in [0.25, 0.3) is 89.7 Å². The first-order valence-corrected chi connectivity index (χ1v) is 47.5. The molecule has 4 aromatic carbocycles. The fourth-order valence-corrected chi connectivity index (χ4v) is 16.0. The molecule has 11 rings (SSSR count). The van der Waals surface area contributed by atoms with Gasteiger partial charge in [-0.2, -0.15) is 0 Å². The molecule has 0 unspecified atom stereocenters. The van der Waals surface area contributed by atoms with Gasteiger partial charge in [-0.25, -0.2) is 39.4 Å². The maximum atomic E-state index is 14.6. The molecule has 0 saturated carbocycles. The van der Waals surface area contributed by atoms with Crippen LogP contribution < -0.4 is 86.0 Å². The van der Waals surface area contributed by atoms with E-state index in [1.807, 2.05) is 78.9 Å². The van der Waals surface area contributed by atoms with Gasteiger partial charge >= 0.3 is 5.97 Å². The number of aliphatic carboxylic acids is 1. The van der Waals surface area contributed by atoms with Gasteiger partial charge in [-0.15, -0.1) is 5.10 Å². The molecule has 7 atom stereocenters. The topological polar surface area (TPSA) is 670 Å². The van der Waals surface area contributed by atoms with Crippen molar-refractivity contribution < 1.29 is 90.9 Å². The second kappa shape index (κ2) is 56.0. The van der Waals surface area contributed by atoms with Gasteiger partial charge in [0.1, 0.15) is 102 Å². The number of carbonyl (C=O) groups is 10. The van der Waals surface area contributed by atoms with Gasteiger partial charge in [-0.3, -0.25) is 48.6 Å². The lowest BCUT2D eigenvalue weighted by Crippen LogP contribution is -2.60. The first-order valence-electron chi connectivity index (χ1n) is 47.5. The molecule has 3 aliphatic heterocycles. The summed E-state index contributed by atoms with van der Waals surface area (Å²) in [7, 11) is 1.62. The largest absolute Gasteiger partial charge is 0.490 e. The number of carboxylic acid groups (broad SMARTS) is 1. The highest BCUT2D eigenvalue weighted by molar-refractivity contribution is 6.07. The molecule has 4 aromatic heterocycles. The zero-order valence-electron chi connectivity index (χ0n) is 79.3. The van der Waals surface area contributed by atoms with Crippen LogP contribution in [-0.4, -0.2) is 311 Å². The number of nitrogens with zero attached hydrogens (tertiary/aromatic N) is 10. The standard InChI is InChI=1S/C94H131N27O19/c1-57(2)78(93(131)132)109-91(129)68(29-13-17-37-98)106-90(128)69(30-18-38-101-94(99)100)107-88(126)66(27-11-15-35-96)104-87(125)65(26-10-14-34-95)105-89(127)67(28-12-16-36-97)108-92(130)70-31-19-39-121(70)75(124)53-103-73(122)52-102-74(123)55-120-54-58(118-119-120)56-138-47-46-135-43-45-137-49-51-140-72-33-32-71(139-50-48-136-44-42-134-41-40-133-3)76-77(72)86-116-84-64-25-9-7-23-62(64)82(114-84)112-80-60-21-5-4-20-59(60)79(110-80)111-81-61-22-6-8-24-63(61)83(113-81)115-85(76)117-86/h4-9,20-25,32-33,54,57,65-70,78H,10-19,26-31,34-53,55-56,95-98H2,1-3H3,(H,102,123)(H,103,122)(H,104,125)(H,105,127)(H,106,128)(H,107,126)(H,108,130)(H,109,129)(H,131,132)(H4,99,100,101)(H2,110,111,112,113,114,115,116,117)/t65-,66-,67-,68-,69-,70-,78-/m0/s1. The Morgan fingerprint density at radius 3 is 1.31 bits per heavy atom. The fraction of sp³-hybridized carbons (Fsp3) is 0.521. The number of carbonyl (C=O) groups excluding carboxylic acids is 9. The molecule has 9 amide bonds. The van der Waals surface area contributed by atoms with Gasteiger partial charge in [0.2, 0.25) is 53.2 Å². The molecule has 46 nitrogen and oxygen atoms in total. The summed E-state index contributed by atoms with van der Waals surface area (Å²) in [6, 6.07) is 18.3. The van der Waals surface area contributed by atoms with Crippen LogP contribution in [-0.2, 0) is 89.5 Å². The number of ether oxygens (including phenoxy) is 8. The van der Waals surface area contributed by atoms with Crippen LogP contribution in [0.3, 0.4) is 0 Å². The van der Waals surface area contributed by atoms with Gasteiger partial charge in [0.25, 0.3) is 0 Å². The van der Waals surface area contributed by atoms with Crippen LogP contribution in [0.1, 0.15) is 122 Å². The van der Waals surface area contributed by atoms with E-state index in [2.05, 4.69) is 68.1 Å². The zero-order chi connectivity index (χ0) is 99.7. The number of methoxy groups -OCH3 is 1. The zero-order valence-corrected chi connectivity index (χ0v) is 79.3. The monoisotopic (exact) mass is 1940 g/mol. The molecule has 46 heteroatoms. The maximum Gasteiger partial charge on any atom is 0.326 e. The van der Waals surface area contributed by atoms with Crippen molar-refractivity contribution in [1.29, 1.82) is 5.41 Å². The second-order valence-corrected chi connectivity index (χ2v) is 34.0. The van der Waals surface area contributed by atoms with Crippen LogP contribution in [0.4, 0.5) is 0 Å². The van der Waals surface area contributed by atoms with Gasteiger partial charge in [-0.1, -0.05) is 91.9 Å². The minimum absolute atomic E-state index is 0.0235. The second-order valence-electron chi connectivity index (χ2n) is 34.0. The number of likely N-dealkylation sites (tertiary alicyclic amines) is 1. The van der Waals surface area contributed by atoms with Crippen molar-refractivity contribution in [2.45, 2.75) is 172 Å². The lowest BCUT2D eigenvalue weighted by molar-refractivity contribution is -0.143. The van der Waals surface area contributed by atoms with Crippen molar-refractivity contribution in [3.05, 3.63) is 96.8 Å². The number of nitrogens with one attached hydrogen (secondary N) is 12. The molecule has 0 spiro atoms. The Morgan fingerprint density at radius 2 is 0.871 bits per heavy atom. The molecular weight excluding hydrogens is 1810 g/mol. The van der Waals surface area contributed by atoms with E-state index in [-0.39, 0.29) is 156 Å². The van der Waals surface area contributed by atoms with Crippen LogP contribution in [0.2, 0.25) is 0 Å². The van der Waals surface area contributed by atoms with E-state index in [0.29, 0.717) is 158 Å². The molecule has 140 heavy (non-hydrogen) atoms. The van der Waals surface area contributed by atoms with Crippen molar-refractivity contribution in [3.8, 4) is 57.1 Å². The summed E-state index contributed by atoms with van der Waals surface area (Å²) in [5, 5.41) is 52.7. The summed E-state index contributed by atoms with van der Waals surface area (Å²) in [6.45, 7) is 6.43. The molecule has 756 valence electrons. The average molecular weight is 1940 g/mol. The number of rotatable bonds is 62. The Bertz CT molecular complexity index is 5680. The number of hydrogen-bond acceptors (Lipinski definition) is 31. The molecule has 1 fully saturated rings. The number of aromatic amines is 2. The molecule has 7 heterocycles. The smallest absolute Gasteiger partial charge is 0.326 e. The third-order valence-electron chi connectivity index (χ3n) is 23.2. The predicted octanol–water partition coefficient (Wildman–Crippen LogP) is 1.80. The Labute approximate surface area is 808 Å². The van der Waals surface area contributed by atoms with E-state index < -0.39 is 120 Å². The Kier molecular flexibility index (Phi) is 42.8. The molecule has 3 aliphatic rings. The number of hydrogen-bond donors (Lipinski definition) is 18. The summed E-state index contributed by atoms with van der Waals surface area (Å²) in [6.07, 6.45) is 5.67. The number of carboxylic acids is 1. The summed E-state index contributed by atoms with van der Waals surface area (Å²) in [5.41, 5.74) is 34.0.